The lowest BCUT2D eigenvalue weighted by molar-refractivity contribution is -0.124. The molecule has 3 N–H and O–H groups in total. The molecule has 0 aliphatic carbocycles. The van der Waals surface area contributed by atoms with Gasteiger partial charge in [-0.2, -0.15) is 0 Å². The van der Waals surface area contributed by atoms with Gasteiger partial charge in [-0.25, -0.2) is 0 Å². The van der Waals surface area contributed by atoms with E-state index >= 15 is 0 Å². The zero-order valence-corrected chi connectivity index (χ0v) is 11.0. The van der Waals surface area contributed by atoms with Crippen LogP contribution in [0.5, 0.6) is 0 Å². The molecule has 1 saturated heterocycles. The summed E-state index contributed by atoms with van der Waals surface area (Å²) in [4.78, 5) is 13.7. The molecule has 1 heterocycles. The number of rotatable bonds is 3. The minimum absolute atomic E-state index is 0.214. The van der Waals surface area contributed by atoms with Crippen molar-refractivity contribution in [3.63, 3.8) is 0 Å². The second kappa shape index (κ2) is 5.50. The molecular formula is C14H21N3O. The number of carbonyl (C=O) groups is 1. The highest BCUT2D eigenvalue weighted by Gasteiger charge is 2.31. The molecular weight excluding hydrogens is 226 g/mol. The van der Waals surface area contributed by atoms with Crippen molar-refractivity contribution in [2.75, 3.05) is 19.6 Å². The summed E-state index contributed by atoms with van der Waals surface area (Å²) in [5, 5.41) is 3.22. The van der Waals surface area contributed by atoms with Crippen LogP contribution in [0.2, 0.25) is 0 Å². The van der Waals surface area contributed by atoms with Crippen molar-refractivity contribution in [2.45, 2.75) is 25.9 Å². The summed E-state index contributed by atoms with van der Waals surface area (Å²) in [5.41, 5.74) is 8.02. The third-order valence-electron chi connectivity index (χ3n) is 3.75. The summed E-state index contributed by atoms with van der Waals surface area (Å²) in [7, 11) is 0. The van der Waals surface area contributed by atoms with E-state index in [2.05, 4.69) is 36.2 Å². The van der Waals surface area contributed by atoms with E-state index in [0.717, 1.165) is 13.1 Å². The van der Waals surface area contributed by atoms with Gasteiger partial charge >= 0.3 is 0 Å². The van der Waals surface area contributed by atoms with Crippen LogP contribution < -0.4 is 11.1 Å². The highest BCUT2D eigenvalue weighted by molar-refractivity contribution is 5.80. The smallest absolute Gasteiger partial charge is 0.236 e. The van der Waals surface area contributed by atoms with Crippen LogP contribution in [-0.4, -0.2) is 36.5 Å². The van der Waals surface area contributed by atoms with E-state index in [-0.39, 0.29) is 18.0 Å². The maximum atomic E-state index is 11.5. The number of primary amides is 1. The number of hydrogen-bond acceptors (Lipinski definition) is 3. The summed E-state index contributed by atoms with van der Waals surface area (Å²) in [6.45, 7) is 6.64. The number of amides is 1. The molecule has 4 heteroatoms. The van der Waals surface area contributed by atoms with Gasteiger partial charge in [-0.05, 0) is 25.0 Å². The predicted molar refractivity (Wildman–Crippen MR) is 72.2 cm³/mol. The normalized spacial score (nSPS) is 22.7. The first-order valence-electron chi connectivity index (χ1n) is 6.42. The molecule has 0 saturated carbocycles. The number of piperazine rings is 1. The molecule has 0 bridgehead atoms. The topological polar surface area (TPSA) is 58.4 Å². The molecule has 1 aliphatic rings. The fraction of sp³-hybridized carbons (Fsp3) is 0.500. The Kier molecular flexibility index (Phi) is 3.99. The van der Waals surface area contributed by atoms with E-state index in [1.807, 2.05) is 12.1 Å². The Morgan fingerprint density at radius 1 is 1.50 bits per heavy atom. The predicted octanol–water partition coefficient (Wildman–Crippen LogP) is 0.815. The Balaban J connectivity index is 2.23. The Morgan fingerprint density at radius 2 is 2.22 bits per heavy atom. The lowest BCUT2D eigenvalue weighted by Crippen LogP contribution is -2.57. The van der Waals surface area contributed by atoms with Crippen LogP contribution in [0.1, 0.15) is 24.1 Å². The van der Waals surface area contributed by atoms with E-state index < -0.39 is 0 Å². The van der Waals surface area contributed by atoms with Gasteiger partial charge in [0.05, 0.1) is 0 Å². The molecule has 0 spiro atoms. The number of carbonyl (C=O) groups excluding carboxylic acids is 1. The fourth-order valence-corrected chi connectivity index (χ4v) is 2.68. The number of nitrogens with two attached hydrogens (primary N) is 1. The standard InChI is InChI=1S/C14H21N3O/c1-10-5-3-4-6-12(10)11(2)17-8-7-16-9-13(17)14(15)18/h3-6,11,13,16H,7-9H2,1-2H3,(H2,15,18). The largest absolute Gasteiger partial charge is 0.368 e. The third kappa shape index (κ3) is 2.54. The van der Waals surface area contributed by atoms with Crippen LogP contribution in [0, 0.1) is 6.92 Å². The minimum atomic E-state index is -0.248. The van der Waals surface area contributed by atoms with E-state index in [1.54, 1.807) is 0 Å². The minimum Gasteiger partial charge on any atom is -0.368 e. The molecule has 1 aliphatic heterocycles. The maximum absolute atomic E-state index is 11.5. The Hall–Kier alpha value is -1.39. The van der Waals surface area contributed by atoms with Crippen LogP contribution in [-0.2, 0) is 4.79 Å². The van der Waals surface area contributed by atoms with Gasteiger partial charge in [0.2, 0.25) is 5.91 Å². The van der Waals surface area contributed by atoms with E-state index in [9.17, 15) is 4.79 Å². The van der Waals surface area contributed by atoms with Gasteiger partial charge in [0.15, 0.2) is 0 Å². The monoisotopic (exact) mass is 247 g/mol. The SMILES string of the molecule is Cc1ccccc1C(C)N1CCNCC1C(N)=O. The first kappa shape index (κ1) is 13.1. The molecule has 98 valence electrons. The summed E-state index contributed by atoms with van der Waals surface area (Å²) in [5.74, 6) is -0.248. The molecule has 2 atom stereocenters. The molecule has 1 aromatic carbocycles. The first-order chi connectivity index (χ1) is 8.61. The van der Waals surface area contributed by atoms with Gasteiger partial charge in [-0.3, -0.25) is 9.69 Å². The van der Waals surface area contributed by atoms with Crippen LogP contribution >= 0.6 is 0 Å². The van der Waals surface area contributed by atoms with Crippen LogP contribution in [0.25, 0.3) is 0 Å². The summed E-state index contributed by atoms with van der Waals surface area (Å²) < 4.78 is 0. The van der Waals surface area contributed by atoms with Gasteiger partial charge in [0.1, 0.15) is 6.04 Å². The molecule has 4 nitrogen and oxygen atoms in total. The quantitative estimate of drug-likeness (QED) is 0.831. The fourth-order valence-electron chi connectivity index (χ4n) is 2.68. The van der Waals surface area contributed by atoms with Crippen molar-refractivity contribution < 1.29 is 4.79 Å². The number of nitrogens with one attached hydrogen (secondary N) is 1. The molecule has 1 fully saturated rings. The maximum Gasteiger partial charge on any atom is 0.236 e. The van der Waals surface area contributed by atoms with Crippen LogP contribution in [0.3, 0.4) is 0 Å². The van der Waals surface area contributed by atoms with Crippen molar-refractivity contribution in [3.8, 4) is 0 Å². The Labute approximate surface area is 108 Å². The lowest BCUT2D eigenvalue weighted by Gasteiger charge is -2.39. The zero-order valence-electron chi connectivity index (χ0n) is 11.0. The van der Waals surface area contributed by atoms with E-state index in [4.69, 9.17) is 5.73 Å². The van der Waals surface area contributed by atoms with Gasteiger partial charge in [0, 0.05) is 25.7 Å². The number of benzene rings is 1. The van der Waals surface area contributed by atoms with E-state index in [1.165, 1.54) is 11.1 Å². The number of nitrogens with zero attached hydrogens (tertiary/aromatic N) is 1. The average molecular weight is 247 g/mol. The average Bonchev–Trinajstić information content (AvgIpc) is 2.38. The molecule has 0 radical (unpaired) electrons. The molecule has 2 unspecified atom stereocenters. The summed E-state index contributed by atoms with van der Waals surface area (Å²) in [6.07, 6.45) is 0. The van der Waals surface area contributed by atoms with Crippen molar-refractivity contribution in [3.05, 3.63) is 35.4 Å². The van der Waals surface area contributed by atoms with Crippen LogP contribution in [0.15, 0.2) is 24.3 Å². The molecule has 1 amide bonds. The van der Waals surface area contributed by atoms with Gasteiger partial charge in [-0.1, -0.05) is 24.3 Å². The van der Waals surface area contributed by atoms with E-state index in [0.29, 0.717) is 6.54 Å². The van der Waals surface area contributed by atoms with Crippen LogP contribution in [0.4, 0.5) is 0 Å². The molecule has 2 rings (SSSR count). The molecule has 0 aromatic heterocycles. The molecule has 18 heavy (non-hydrogen) atoms. The van der Waals surface area contributed by atoms with Gasteiger partial charge in [0.25, 0.3) is 0 Å². The van der Waals surface area contributed by atoms with Gasteiger partial charge < -0.3 is 11.1 Å². The third-order valence-corrected chi connectivity index (χ3v) is 3.75. The highest BCUT2D eigenvalue weighted by Crippen LogP contribution is 2.25. The summed E-state index contributed by atoms with van der Waals surface area (Å²) in [6, 6.07) is 8.31. The lowest BCUT2D eigenvalue weighted by atomic mass is 9.99. The van der Waals surface area contributed by atoms with Crippen molar-refractivity contribution in [1.29, 1.82) is 0 Å². The second-order valence-electron chi connectivity index (χ2n) is 4.89. The Bertz CT molecular complexity index is 433. The zero-order chi connectivity index (χ0) is 13.1. The van der Waals surface area contributed by atoms with Crippen molar-refractivity contribution in [2.24, 2.45) is 5.73 Å². The van der Waals surface area contributed by atoms with Crippen molar-refractivity contribution in [1.82, 2.24) is 10.2 Å². The number of aryl methyl sites for hydroxylation is 1. The van der Waals surface area contributed by atoms with Gasteiger partial charge in [-0.15, -0.1) is 0 Å². The molecule has 1 aromatic rings. The number of hydrogen-bond donors (Lipinski definition) is 2. The second-order valence-corrected chi connectivity index (χ2v) is 4.89. The summed E-state index contributed by atoms with van der Waals surface area (Å²) >= 11 is 0. The highest BCUT2D eigenvalue weighted by atomic mass is 16.1. The first-order valence-corrected chi connectivity index (χ1v) is 6.42. The Morgan fingerprint density at radius 3 is 2.89 bits per heavy atom. The van der Waals surface area contributed by atoms with Crippen molar-refractivity contribution >= 4 is 5.91 Å².